The summed E-state index contributed by atoms with van der Waals surface area (Å²) in [5.41, 5.74) is 1.19. The number of thiazole rings is 1. The van der Waals surface area contributed by atoms with Gasteiger partial charge >= 0.3 is 0 Å². The first-order valence-corrected chi connectivity index (χ1v) is 7.90. The Balaban J connectivity index is 2.14. The number of anilines is 1. The van der Waals surface area contributed by atoms with Gasteiger partial charge in [0.2, 0.25) is 0 Å². The molecule has 18 heavy (non-hydrogen) atoms. The first kappa shape index (κ1) is 13.8. The number of nitrogens with zero attached hydrogens (tertiary/aromatic N) is 2. The van der Waals surface area contributed by atoms with Crippen LogP contribution in [-0.2, 0) is 0 Å². The lowest BCUT2D eigenvalue weighted by Crippen LogP contribution is -2.26. The maximum Gasteiger partial charge on any atom is 0.186 e. The normalized spacial score (nSPS) is 16.9. The Labute approximate surface area is 115 Å². The van der Waals surface area contributed by atoms with Gasteiger partial charge in [0.25, 0.3) is 0 Å². The maximum atomic E-state index is 4.80. The van der Waals surface area contributed by atoms with E-state index in [0.29, 0.717) is 6.04 Å². The van der Waals surface area contributed by atoms with Crippen LogP contribution < -0.4 is 10.2 Å². The minimum atomic E-state index is 0.406. The Morgan fingerprint density at radius 3 is 2.78 bits per heavy atom. The Morgan fingerprint density at radius 2 is 2.22 bits per heavy atom. The summed E-state index contributed by atoms with van der Waals surface area (Å²) in [6, 6.07) is 1.17. The van der Waals surface area contributed by atoms with Crippen molar-refractivity contribution in [2.24, 2.45) is 0 Å². The van der Waals surface area contributed by atoms with Gasteiger partial charge in [-0.15, -0.1) is 11.3 Å². The summed E-state index contributed by atoms with van der Waals surface area (Å²) in [6.45, 7) is 7.76. The summed E-state index contributed by atoms with van der Waals surface area (Å²) in [7, 11) is 2.01. The van der Waals surface area contributed by atoms with E-state index in [4.69, 9.17) is 4.98 Å². The van der Waals surface area contributed by atoms with Crippen molar-refractivity contribution in [1.82, 2.24) is 10.3 Å². The Hall–Kier alpha value is -0.610. The third-order valence-corrected chi connectivity index (χ3v) is 5.01. The fourth-order valence-electron chi connectivity index (χ4n) is 2.20. The van der Waals surface area contributed by atoms with E-state index in [0.717, 1.165) is 6.04 Å². The van der Waals surface area contributed by atoms with Crippen LogP contribution >= 0.6 is 11.3 Å². The molecule has 0 aromatic carbocycles. The second kappa shape index (κ2) is 6.02. The van der Waals surface area contributed by atoms with Crippen LogP contribution in [0.25, 0.3) is 0 Å². The van der Waals surface area contributed by atoms with Crippen molar-refractivity contribution in [3.63, 3.8) is 0 Å². The minimum absolute atomic E-state index is 0.406. The van der Waals surface area contributed by atoms with Gasteiger partial charge in [0.05, 0.1) is 5.69 Å². The molecular formula is C14H25N3S. The topological polar surface area (TPSA) is 28.2 Å². The third-order valence-electron chi connectivity index (χ3n) is 3.63. The highest BCUT2D eigenvalue weighted by molar-refractivity contribution is 7.15. The molecule has 0 amide bonds. The molecule has 3 nitrogen and oxygen atoms in total. The van der Waals surface area contributed by atoms with Gasteiger partial charge in [-0.05, 0) is 40.2 Å². The van der Waals surface area contributed by atoms with Crippen LogP contribution in [0.2, 0.25) is 0 Å². The molecule has 1 heterocycles. The van der Waals surface area contributed by atoms with E-state index in [1.165, 1.54) is 47.9 Å². The van der Waals surface area contributed by atoms with Crippen LogP contribution in [0.3, 0.4) is 0 Å². The lowest BCUT2D eigenvalue weighted by atomic mass is 10.2. The molecule has 2 rings (SSSR count). The lowest BCUT2D eigenvalue weighted by molar-refractivity contribution is 0.658. The summed E-state index contributed by atoms with van der Waals surface area (Å²) >= 11 is 1.87. The predicted octanol–water partition coefficient (Wildman–Crippen LogP) is 3.50. The fourth-order valence-corrected chi connectivity index (χ4v) is 3.42. The first-order chi connectivity index (χ1) is 8.67. The summed E-state index contributed by atoms with van der Waals surface area (Å²) in [6.07, 6.45) is 5.22. The molecule has 1 unspecified atom stereocenters. The molecule has 1 fully saturated rings. The quantitative estimate of drug-likeness (QED) is 0.819. The third kappa shape index (κ3) is 3.04. The van der Waals surface area contributed by atoms with E-state index in [1.54, 1.807) is 0 Å². The van der Waals surface area contributed by atoms with Crippen LogP contribution in [0.1, 0.15) is 56.1 Å². The van der Waals surface area contributed by atoms with E-state index in [1.807, 2.05) is 18.4 Å². The zero-order valence-electron chi connectivity index (χ0n) is 12.0. The van der Waals surface area contributed by atoms with Crippen molar-refractivity contribution in [2.75, 3.05) is 18.5 Å². The van der Waals surface area contributed by atoms with E-state index >= 15 is 0 Å². The van der Waals surface area contributed by atoms with E-state index in [-0.39, 0.29) is 0 Å². The molecule has 1 aromatic heterocycles. The fraction of sp³-hybridized carbons (Fsp3) is 0.786. The van der Waals surface area contributed by atoms with Crippen LogP contribution in [0.4, 0.5) is 5.13 Å². The Bertz CT molecular complexity index is 384. The van der Waals surface area contributed by atoms with Crippen molar-refractivity contribution in [2.45, 2.75) is 58.5 Å². The summed E-state index contributed by atoms with van der Waals surface area (Å²) < 4.78 is 0. The SMILES string of the molecule is CCCCN(c1nc(C)c(C(C)NC)s1)C1CC1. The zero-order valence-corrected chi connectivity index (χ0v) is 12.8. The van der Waals surface area contributed by atoms with Gasteiger partial charge < -0.3 is 10.2 Å². The number of hydrogen-bond acceptors (Lipinski definition) is 4. The van der Waals surface area contributed by atoms with Crippen molar-refractivity contribution in [3.8, 4) is 0 Å². The second-order valence-electron chi connectivity index (χ2n) is 5.23. The molecule has 1 aromatic rings. The van der Waals surface area contributed by atoms with Crippen LogP contribution in [0.5, 0.6) is 0 Å². The minimum Gasteiger partial charge on any atom is -0.345 e. The molecule has 0 aliphatic heterocycles. The molecular weight excluding hydrogens is 242 g/mol. The number of aromatic nitrogens is 1. The number of hydrogen-bond donors (Lipinski definition) is 1. The van der Waals surface area contributed by atoms with Crippen LogP contribution in [0.15, 0.2) is 0 Å². The van der Waals surface area contributed by atoms with Gasteiger partial charge in [-0.1, -0.05) is 13.3 Å². The van der Waals surface area contributed by atoms with Crippen molar-refractivity contribution in [3.05, 3.63) is 10.6 Å². The number of aryl methyl sites for hydroxylation is 1. The molecule has 1 saturated carbocycles. The standard InChI is InChI=1S/C14H25N3S/c1-5-6-9-17(12-7-8-12)14-16-11(3)13(18-14)10(2)15-4/h10,12,15H,5-9H2,1-4H3. The van der Waals surface area contributed by atoms with Crippen LogP contribution in [-0.4, -0.2) is 24.6 Å². The van der Waals surface area contributed by atoms with Gasteiger partial charge in [0, 0.05) is 23.5 Å². The number of rotatable bonds is 7. The van der Waals surface area contributed by atoms with Gasteiger partial charge in [0.15, 0.2) is 5.13 Å². The highest BCUT2D eigenvalue weighted by Crippen LogP contribution is 2.37. The largest absolute Gasteiger partial charge is 0.345 e. The molecule has 0 bridgehead atoms. The lowest BCUT2D eigenvalue weighted by Gasteiger charge is -2.21. The molecule has 0 spiro atoms. The van der Waals surface area contributed by atoms with Gasteiger partial charge in [-0.25, -0.2) is 4.98 Å². The highest BCUT2D eigenvalue weighted by atomic mass is 32.1. The van der Waals surface area contributed by atoms with Gasteiger partial charge in [-0.3, -0.25) is 0 Å². The maximum absolute atomic E-state index is 4.80. The second-order valence-corrected chi connectivity index (χ2v) is 6.24. The zero-order chi connectivity index (χ0) is 13.1. The molecule has 102 valence electrons. The van der Waals surface area contributed by atoms with Crippen molar-refractivity contribution < 1.29 is 0 Å². The summed E-state index contributed by atoms with van der Waals surface area (Å²) in [5, 5.41) is 4.55. The average molecular weight is 267 g/mol. The van der Waals surface area contributed by atoms with Gasteiger partial charge in [-0.2, -0.15) is 0 Å². The van der Waals surface area contributed by atoms with E-state index in [9.17, 15) is 0 Å². The monoisotopic (exact) mass is 267 g/mol. The van der Waals surface area contributed by atoms with E-state index in [2.05, 4.69) is 31.0 Å². The highest BCUT2D eigenvalue weighted by Gasteiger charge is 2.31. The molecule has 1 atom stereocenters. The molecule has 1 N–H and O–H groups in total. The molecule has 1 aliphatic rings. The summed E-state index contributed by atoms with van der Waals surface area (Å²) in [5.74, 6) is 0. The van der Waals surface area contributed by atoms with Crippen LogP contribution in [0, 0.1) is 6.92 Å². The first-order valence-electron chi connectivity index (χ1n) is 7.08. The molecule has 4 heteroatoms. The Kier molecular flexibility index (Phi) is 4.62. The van der Waals surface area contributed by atoms with Gasteiger partial charge in [0.1, 0.15) is 0 Å². The van der Waals surface area contributed by atoms with Crippen molar-refractivity contribution in [1.29, 1.82) is 0 Å². The predicted molar refractivity (Wildman–Crippen MR) is 79.6 cm³/mol. The number of nitrogens with one attached hydrogen (secondary N) is 1. The average Bonchev–Trinajstić information content (AvgIpc) is 3.12. The van der Waals surface area contributed by atoms with Crippen molar-refractivity contribution >= 4 is 16.5 Å². The molecule has 1 aliphatic carbocycles. The molecule has 0 radical (unpaired) electrons. The number of unbranched alkanes of at least 4 members (excludes halogenated alkanes) is 1. The summed E-state index contributed by atoms with van der Waals surface area (Å²) in [4.78, 5) is 8.72. The smallest absolute Gasteiger partial charge is 0.186 e. The van der Waals surface area contributed by atoms with E-state index < -0.39 is 0 Å². The molecule has 0 saturated heterocycles. The Morgan fingerprint density at radius 1 is 1.50 bits per heavy atom.